The number of para-hydroxylation sites is 1. The number of sulfonamides is 1. The van der Waals surface area contributed by atoms with Gasteiger partial charge in [-0.1, -0.05) is 12.1 Å². The van der Waals surface area contributed by atoms with E-state index in [0.717, 1.165) is 0 Å². The van der Waals surface area contributed by atoms with E-state index in [9.17, 15) is 23.3 Å². The van der Waals surface area contributed by atoms with Crippen LogP contribution < -0.4 is 4.72 Å². The molecule has 0 radical (unpaired) electrons. The summed E-state index contributed by atoms with van der Waals surface area (Å²) in [6, 6.07) is 4.83. The van der Waals surface area contributed by atoms with E-state index in [1.54, 1.807) is 32.6 Å². The van der Waals surface area contributed by atoms with E-state index in [4.69, 9.17) is 4.74 Å². The van der Waals surface area contributed by atoms with Gasteiger partial charge in [0.1, 0.15) is 5.60 Å². The molecule has 0 bridgehead atoms. The quantitative estimate of drug-likeness (QED) is 0.585. The minimum atomic E-state index is -4.04. The Morgan fingerprint density at radius 1 is 1.29 bits per heavy atom. The Bertz CT molecular complexity index is 826. The SMILES string of the molecule is C[C@H](NS(=O)(=O)c1ccccc1[N+](=O)[O-])C1CCN(C(=O)OC(C)(C)C)CC1. The number of carbonyl (C=O) groups is 1. The molecule has 1 N–H and O–H groups in total. The molecular weight excluding hydrogens is 386 g/mol. The summed E-state index contributed by atoms with van der Waals surface area (Å²) < 4.78 is 33.2. The standard InChI is InChI=1S/C18H27N3O6S/c1-13(14-9-11-20(12-10-14)17(22)27-18(2,3)4)19-28(25,26)16-8-6-5-7-15(16)21(23)24/h5-8,13-14,19H,9-12H2,1-4H3/t13-/m0/s1. The van der Waals surface area contributed by atoms with Crippen LogP contribution in [0.25, 0.3) is 0 Å². The number of carbonyl (C=O) groups excluding carboxylic acids is 1. The number of nitrogens with one attached hydrogen (secondary N) is 1. The Balaban J connectivity index is 2.00. The first-order valence-electron chi connectivity index (χ1n) is 9.14. The van der Waals surface area contributed by atoms with Crippen molar-refractivity contribution in [2.24, 2.45) is 5.92 Å². The maximum atomic E-state index is 12.6. The molecule has 156 valence electrons. The zero-order valence-corrected chi connectivity index (χ0v) is 17.4. The number of likely N-dealkylation sites (tertiary alicyclic amines) is 1. The van der Waals surface area contributed by atoms with E-state index in [0.29, 0.717) is 25.9 Å². The van der Waals surface area contributed by atoms with Crippen LogP contribution in [0.5, 0.6) is 0 Å². The first kappa shape index (κ1) is 22.1. The molecule has 1 aliphatic heterocycles. The summed E-state index contributed by atoms with van der Waals surface area (Å²) in [6.07, 6.45) is 0.846. The minimum Gasteiger partial charge on any atom is -0.444 e. The average molecular weight is 413 g/mol. The number of piperidine rings is 1. The summed E-state index contributed by atoms with van der Waals surface area (Å²) in [4.78, 5) is 23.8. The van der Waals surface area contributed by atoms with Crippen molar-refractivity contribution in [1.29, 1.82) is 0 Å². The number of amides is 1. The summed E-state index contributed by atoms with van der Waals surface area (Å²) in [5.74, 6) is 0.0104. The fourth-order valence-electron chi connectivity index (χ4n) is 3.15. The predicted molar refractivity (Wildman–Crippen MR) is 103 cm³/mol. The number of rotatable bonds is 5. The number of nitrogens with zero attached hydrogens (tertiary/aromatic N) is 2. The lowest BCUT2D eigenvalue weighted by molar-refractivity contribution is -0.387. The van der Waals surface area contributed by atoms with Gasteiger partial charge in [0.2, 0.25) is 10.0 Å². The van der Waals surface area contributed by atoms with Crippen LogP contribution in [-0.2, 0) is 14.8 Å². The smallest absolute Gasteiger partial charge is 0.410 e. The minimum absolute atomic E-state index is 0.0104. The number of ether oxygens (including phenoxy) is 1. The maximum absolute atomic E-state index is 12.6. The Labute approximate surface area is 165 Å². The van der Waals surface area contributed by atoms with Crippen molar-refractivity contribution in [3.8, 4) is 0 Å². The maximum Gasteiger partial charge on any atom is 0.410 e. The second-order valence-electron chi connectivity index (χ2n) is 7.94. The highest BCUT2D eigenvalue weighted by atomic mass is 32.2. The third-order valence-corrected chi connectivity index (χ3v) is 6.20. The molecule has 0 saturated carbocycles. The lowest BCUT2D eigenvalue weighted by Gasteiger charge is -2.35. The summed E-state index contributed by atoms with van der Waals surface area (Å²) in [7, 11) is -4.04. The molecule has 1 atom stereocenters. The van der Waals surface area contributed by atoms with Crippen molar-refractivity contribution in [1.82, 2.24) is 9.62 Å². The normalized spacial score (nSPS) is 17.2. The molecule has 0 aliphatic carbocycles. The average Bonchev–Trinajstić information content (AvgIpc) is 2.60. The number of nitro benzene ring substituents is 1. The molecular formula is C18H27N3O6S. The molecule has 10 heteroatoms. The van der Waals surface area contributed by atoms with Crippen LogP contribution in [0.2, 0.25) is 0 Å². The molecule has 28 heavy (non-hydrogen) atoms. The Hall–Kier alpha value is -2.20. The largest absolute Gasteiger partial charge is 0.444 e. The molecule has 1 amide bonds. The van der Waals surface area contributed by atoms with Crippen LogP contribution in [0, 0.1) is 16.0 Å². The number of nitro groups is 1. The predicted octanol–water partition coefficient (Wildman–Crippen LogP) is 2.91. The third kappa shape index (κ3) is 5.65. The first-order valence-corrected chi connectivity index (χ1v) is 10.6. The van der Waals surface area contributed by atoms with Gasteiger partial charge in [-0.2, -0.15) is 0 Å². The number of hydrogen-bond donors (Lipinski definition) is 1. The van der Waals surface area contributed by atoms with Crippen molar-refractivity contribution in [3.05, 3.63) is 34.4 Å². The second-order valence-corrected chi connectivity index (χ2v) is 9.62. The van der Waals surface area contributed by atoms with E-state index >= 15 is 0 Å². The summed E-state index contributed by atoms with van der Waals surface area (Å²) in [6.45, 7) is 8.08. The molecule has 1 aliphatic rings. The molecule has 1 fully saturated rings. The van der Waals surface area contributed by atoms with Crippen LogP contribution >= 0.6 is 0 Å². The monoisotopic (exact) mass is 413 g/mol. The van der Waals surface area contributed by atoms with Crippen LogP contribution in [0.3, 0.4) is 0 Å². The summed E-state index contributed by atoms with van der Waals surface area (Å²) >= 11 is 0. The fourth-order valence-corrected chi connectivity index (χ4v) is 4.63. The van der Waals surface area contributed by atoms with Crippen LogP contribution in [0.4, 0.5) is 10.5 Å². The lowest BCUT2D eigenvalue weighted by Crippen LogP contribution is -2.46. The van der Waals surface area contributed by atoms with E-state index in [1.807, 2.05) is 0 Å². The fraction of sp³-hybridized carbons (Fsp3) is 0.611. The van der Waals surface area contributed by atoms with E-state index < -0.39 is 32.3 Å². The van der Waals surface area contributed by atoms with Gasteiger partial charge in [0.25, 0.3) is 5.69 Å². The zero-order valence-electron chi connectivity index (χ0n) is 16.5. The Morgan fingerprint density at radius 3 is 2.39 bits per heavy atom. The van der Waals surface area contributed by atoms with Crippen molar-refractivity contribution in [2.45, 2.75) is 57.1 Å². The van der Waals surface area contributed by atoms with Gasteiger partial charge in [-0.25, -0.2) is 17.9 Å². The molecule has 1 aromatic rings. The van der Waals surface area contributed by atoms with Gasteiger partial charge in [-0.05, 0) is 52.5 Å². The second kappa shape index (κ2) is 8.44. The van der Waals surface area contributed by atoms with Crippen LogP contribution in [-0.4, -0.2) is 49.1 Å². The van der Waals surface area contributed by atoms with E-state index in [-0.39, 0.29) is 16.9 Å². The third-order valence-electron chi connectivity index (χ3n) is 4.59. The molecule has 0 aromatic heterocycles. The van der Waals surface area contributed by atoms with Crippen molar-refractivity contribution >= 4 is 21.8 Å². The molecule has 1 saturated heterocycles. The Morgan fingerprint density at radius 2 is 1.86 bits per heavy atom. The molecule has 0 spiro atoms. The summed E-state index contributed by atoms with van der Waals surface area (Å²) in [5, 5.41) is 11.1. The summed E-state index contributed by atoms with van der Waals surface area (Å²) in [5.41, 5.74) is -1.02. The first-order chi connectivity index (χ1) is 12.9. The van der Waals surface area contributed by atoms with Crippen LogP contribution in [0.1, 0.15) is 40.5 Å². The topological polar surface area (TPSA) is 119 Å². The van der Waals surface area contributed by atoms with E-state index in [2.05, 4.69) is 4.72 Å². The molecule has 0 unspecified atom stereocenters. The highest BCUT2D eigenvalue weighted by Gasteiger charge is 2.32. The Kier molecular flexibility index (Phi) is 6.66. The molecule has 2 rings (SSSR count). The van der Waals surface area contributed by atoms with E-state index in [1.165, 1.54) is 24.3 Å². The highest BCUT2D eigenvalue weighted by Crippen LogP contribution is 2.26. The van der Waals surface area contributed by atoms with Gasteiger partial charge >= 0.3 is 6.09 Å². The van der Waals surface area contributed by atoms with Gasteiger partial charge in [-0.3, -0.25) is 10.1 Å². The number of benzene rings is 1. The molecule has 1 aromatic carbocycles. The molecule has 1 heterocycles. The molecule has 9 nitrogen and oxygen atoms in total. The van der Waals surface area contributed by atoms with Crippen LogP contribution in [0.15, 0.2) is 29.2 Å². The van der Waals surface area contributed by atoms with Crippen molar-refractivity contribution in [2.75, 3.05) is 13.1 Å². The zero-order chi connectivity index (χ0) is 21.1. The lowest BCUT2D eigenvalue weighted by atomic mass is 9.91. The van der Waals surface area contributed by atoms with Crippen molar-refractivity contribution < 1.29 is 22.9 Å². The van der Waals surface area contributed by atoms with Gasteiger partial charge in [0.05, 0.1) is 4.92 Å². The van der Waals surface area contributed by atoms with Gasteiger partial charge in [-0.15, -0.1) is 0 Å². The highest BCUT2D eigenvalue weighted by molar-refractivity contribution is 7.89. The van der Waals surface area contributed by atoms with Gasteiger partial charge < -0.3 is 9.64 Å². The number of hydrogen-bond acceptors (Lipinski definition) is 6. The van der Waals surface area contributed by atoms with Gasteiger partial charge in [0.15, 0.2) is 4.90 Å². The van der Waals surface area contributed by atoms with Crippen molar-refractivity contribution in [3.63, 3.8) is 0 Å². The van der Waals surface area contributed by atoms with Gasteiger partial charge in [0, 0.05) is 25.2 Å².